The summed E-state index contributed by atoms with van der Waals surface area (Å²) in [6.45, 7) is 0. The van der Waals surface area contributed by atoms with Gasteiger partial charge in [-0.1, -0.05) is 12.1 Å². The Labute approximate surface area is 92.2 Å². The molecule has 1 atom stereocenters. The predicted octanol–water partition coefficient (Wildman–Crippen LogP) is 0.957. The molecule has 0 aliphatic heterocycles. The third kappa shape index (κ3) is 1.94. The van der Waals surface area contributed by atoms with Gasteiger partial charge < -0.3 is 15.4 Å². The van der Waals surface area contributed by atoms with E-state index in [-0.39, 0.29) is 0 Å². The molecule has 0 fully saturated rings. The van der Waals surface area contributed by atoms with Crippen molar-refractivity contribution in [3.05, 3.63) is 48.5 Å². The summed E-state index contributed by atoms with van der Waals surface area (Å²) in [6.07, 6.45) is 5.08. The zero-order chi connectivity index (χ0) is 11.5. The molecule has 1 unspecified atom stereocenters. The van der Waals surface area contributed by atoms with Crippen molar-refractivity contribution < 1.29 is 9.90 Å². The Morgan fingerprint density at radius 2 is 2.31 bits per heavy atom. The van der Waals surface area contributed by atoms with Crippen LogP contribution in [0.3, 0.4) is 0 Å². The molecule has 0 aliphatic carbocycles. The minimum Gasteiger partial charge on any atom is -0.480 e. The molecule has 16 heavy (non-hydrogen) atoms. The number of aromatic nitrogens is 2. The molecule has 0 saturated heterocycles. The Hall–Kier alpha value is -2.14. The number of hydrogen-bond donors (Lipinski definition) is 2. The van der Waals surface area contributed by atoms with E-state index in [1.54, 1.807) is 41.5 Å². The SMILES string of the molecule is NC(C(=O)O)c1cccc(-n2ccnc2)c1. The van der Waals surface area contributed by atoms with E-state index in [1.807, 2.05) is 6.07 Å². The number of rotatable bonds is 3. The van der Waals surface area contributed by atoms with Crippen LogP contribution in [0.1, 0.15) is 11.6 Å². The van der Waals surface area contributed by atoms with Crippen molar-refractivity contribution in [1.29, 1.82) is 0 Å². The number of benzene rings is 1. The summed E-state index contributed by atoms with van der Waals surface area (Å²) in [4.78, 5) is 14.7. The van der Waals surface area contributed by atoms with Gasteiger partial charge in [0.25, 0.3) is 0 Å². The molecule has 1 aromatic heterocycles. The van der Waals surface area contributed by atoms with Crippen LogP contribution in [0.2, 0.25) is 0 Å². The van der Waals surface area contributed by atoms with Gasteiger partial charge in [-0.25, -0.2) is 4.98 Å². The third-order valence-electron chi connectivity index (χ3n) is 2.30. The maximum absolute atomic E-state index is 10.8. The van der Waals surface area contributed by atoms with Gasteiger partial charge in [-0.3, -0.25) is 4.79 Å². The number of nitrogens with two attached hydrogens (primary N) is 1. The largest absolute Gasteiger partial charge is 0.480 e. The Balaban J connectivity index is 2.37. The van der Waals surface area contributed by atoms with E-state index >= 15 is 0 Å². The highest BCUT2D eigenvalue weighted by Crippen LogP contribution is 2.15. The van der Waals surface area contributed by atoms with Crippen molar-refractivity contribution in [2.24, 2.45) is 5.73 Å². The summed E-state index contributed by atoms with van der Waals surface area (Å²) in [5.74, 6) is -1.04. The lowest BCUT2D eigenvalue weighted by Gasteiger charge is -2.09. The number of nitrogens with zero attached hydrogens (tertiary/aromatic N) is 2. The quantitative estimate of drug-likeness (QED) is 0.802. The van der Waals surface area contributed by atoms with Crippen molar-refractivity contribution in [3.8, 4) is 5.69 Å². The lowest BCUT2D eigenvalue weighted by molar-refractivity contribution is -0.138. The minimum atomic E-state index is -1.04. The average Bonchev–Trinajstić information content (AvgIpc) is 2.81. The Bertz CT molecular complexity index is 494. The van der Waals surface area contributed by atoms with E-state index < -0.39 is 12.0 Å². The Kier molecular flexibility index (Phi) is 2.70. The van der Waals surface area contributed by atoms with Gasteiger partial charge in [0, 0.05) is 18.1 Å². The molecule has 0 spiro atoms. The van der Waals surface area contributed by atoms with Gasteiger partial charge in [0.15, 0.2) is 0 Å². The van der Waals surface area contributed by atoms with E-state index in [4.69, 9.17) is 10.8 Å². The van der Waals surface area contributed by atoms with Crippen LogP contribution in [0.25, 0.3) is 5.69 Å². The number of carbonyl (C=O) groups is 1. The second-order valence-electron chi connectivity index (χ2n) is 3.38. The highest BCUT2D eigenvalue weighted by molar-refractivity contribution is 5.75. The zero-order valence-corrected chi connectivity index (χ0v) is 8.45. The van der Waals surface area contributed by atoms with Crippen molar-refractivity contribution in [2.75, 3.05) is 0 Å². The topological polar surface area (TPSA) is 81.1 Å². The van der Waals surface area contributed by atoms with Crippen LogP contribution in [-0.2, 0) is 4.79 Å². The monoisotopic (exact) mass is 217 g/mol. The maximum atomic E-state index is 10.8. The van der Waals surface area contributed by atoms with Gasteiger partial charge in [0.1, 0.15) is 6.04 Å². The van der Waals surface area contributed by atoms with Crippen LogP contribution in [0, 0.1) is 0 Å². The third-order valence-corrected chi connectivity index (χ3v) is 2.30. The van der Waals surface area contributed by atoms with Crippen LogP contribution in [0.5, 0.6) is 0 Å². The second kappa shape index (κ2) is 4.16. The molecule has 2 rings (SSSR count). The van der Waals surface area contributed by atoms with Crippen molar-refractivity contribution in [1.82, 2.24) is 9.55 Å². The first-order valence-corrected chi connectivity index (χ1v) is 4.75. The van der Waals surface area contributed by atoms with E-state index in [1.165, 1.54) is 0 Å². The van der Waals surface area contributed by atoms with Crippen LogP contribution < -0.4 is 5.73 Å². The lowest BCUT2D eigenvalue weighted by atomic mass is 10.1. The molecular weight excluding hydrogens is 206 g/mol. The van der Waals surface area contributed by atoms with Gasteiger partial charge in [-0.2, -0.15) is 0 Å². The Morgan fingerprint density at radius 1 is 1.50 bits per heavy atom. The first kappa shape index (κ1) is 10.4. The van der Waals surface area contributed by atoms with E-state index in [2.05, 4.69) is 4.98 Å². The lowest BCUT2D eigenvalue weighted by Crippen LogP contribution is -2.20. The molecule has 1 aromatic carbocycles. The number of hydrogen-bond acceptors (Lipinski definition) is 3. The minimum absolute atomic E-state index is 0.568. The fourth-order valence-corrected chi connectivity index (χ4v) is 1.43. The summed E-state index contributed by atoms with van der Waals surface area (Å²) in [7, 11) is 0. The number of carboxylic acid groups (broad SMARTS) is 1. The van der Waals surface area contributed by atoms with E-state index in [0.29, 0.717) is 5.56 Å². The molecule has 0 saturated carbocycles. The van der Waals surface area contributed by atoms with Gasteiger partial charge in [-0.05, 0) is 17.7 Å². The summed E-state index contributed by atoms with van der Waals surface area (Å²) in [5.41, 5.74) is 6.94. The summed E-state index contributed by atoms with van der Waals surface area (Å²) < 4.78 is 1.79. The molecule has 0 radical (unpaired) electrons. The number of carboxylic acids is 1. The molecule has 0 bridgehead atoms. The Morgan fingerprint density at radius 3 is 2.94 bits per heavy atom. The van der Waals surface area contributed by atoms with Crippen LogP contribution in [0.15, 0.2) is 43.0 Å². The average molecular weight is 217 g/mol. The van der Waals surface area contributed by atoms with Gasteiger partial charge in [-0.15, -0.1) is 0 Å². The van der Waals surface area contributed by atoms with Crippen LogP contribution in [0.4, 0.5) is 0 Å². The fourth-order valence-electron chi connectivity index (χ4n) is 1.43. The van der Waals surface area contributed by atoms with Crippen LogP contribution >= 0.6 is 0 Å². The standard InChI is InChI=1S/C11H11N3O2/c12-10(11(15)16)8-2-1-3-9(6-8)14-5-4-13-7-14/h1-7,10H,12H2,(H,15,16). The molecular formula is C11H11N3O2. The molecule has 3 N–H and O–H groups in total. The molecule has 5 heteroatoms. The van der Waals surface area contributed by atoms with Crippen molar-refractivity contribution >= 4 is 5.97 Å². The fraction of sp³-hybridized carbons (Fsp3) is 0.0909. The number of imidazole rings is 1. The first-order valence-electron chi connectivity index (χ1n) is 4.75. The molecule has 1 heterocycles. The van der Waals surface area contributed by atoms with Crippen molar-refractivity contribution in [3.63, 3.8) is 0 Å². The van der Waals surface area contributed by atoms with Gasteiger partial charge in [0.05, 0.1) is 6.33 Å². The molecule has 0 amide bonds. The summed E-state index contributed by atoms with van der Waals surface area (Å²) >= 11 is 0. The highest BCUT2D eigenvalue weighted by atomic mass is 16.4. The first-order chi connectivity index (χ1) is 7.68. The summed E-state index contributed by atoms with van der Waals surface area (Å²) in [5, 5.41) is 8.81. The van der Waals surface area contributed by atoms with Gasteiger partial charge in [0.2, 0.25) is 0 Å². The van der Waals surface area contributed by atoms with Gasteiger partial charge >= 0.3 is 5.97 Å². The van der Waals surface area contributed by atoms with Crippen LogP contribution in [-0.4, -0.2) is 20.6 Å². The van der Waals surface area contributed by atoms with E-state index in [9.17, 15) is 4.79 Å². The van der Waals surface area contributed by atoms with E-state index in [0.717, 1.165) is 5.69 Å². The predicted molar refractivity (Wildman–Crippen MR) is 58.1 cm³/mol. The molecule has 5 nitrogen and oxygen atoms in total. The molecule has 82 valence electrons. The highest BCUT2D eigenvalue weighted by Gasteiger charge is 2.14. The number of aliphatic carboxylic acids is 1. The maximum Gasteiger partial charge on any atom is 0.325 e. The summed E-state index contributed by atoms with van der Waals surface area (Å²) in [6, 6.07) is 6.07. The normalized spacial score (nSPS) is 12.3. The molecule has 0 aliphatic rings. The molecule has 2 aromatic rings. The zero-order valence-electron chi connectivity index (χ0n) is 8.45. The van der Waals surface area contributed by atoms with Crippen molar-refractivity contribution in [2.45, 2.75) is 6.04 Å². The smallest absolute Gasteiger partial charge is 0.325 e. The second-order valence-corrected chi connectivity index (χ2v) is 3.38.